The van der Waals surface area contributed by atoms with Crippen LogP contribution in [0.15, 0.2) is 40.9 Å². The first-order valence-corrected chi connectivity index (χ1v) is 7.03. The lowest BCUT2D eigenvalue weighted by Crippen LogP contribution is -2.04. The molecule has 0 heterocycles. The molecule has 100 valence electrons. The number of aliphatic hydroxyl groups excluding tert-OH is 1. The van der Waals surface area contributed by atoms with Gasteiger partial charge in [0.05, 0.1) is 6.10 Å². The summed E-state index contributed by atoms with van der Waals surface area (Å²) in [5.41, 5.74) is 2.46. The van der Waals surface area contributed by atoms with Gasteiger partial charge in [-0.15, -0.1) is 0 Å². The summed E-state index contributed by atoms with van der Waals surface area (Å²) in [6.07, 6.45) is -0.335. The number of halogens is 3. The summed E-state index contributed by atoms with van der Waals surface area (Å²) in [5.74, 6) is -0.307. The SMILES string of the molecule is Cc1cccc(C(O)Cc2ccc(F)cc2Br)c1Cl. The summed E-state index contributed by atoms with van der Waals surface area (Å²) in [6.45, 7) is 1.90. The van der Waals surface area contributed by atoms with E-state index >= 15 is 0 Å². The highest BCUT2D eigenvalue weighted by Crippen LogP contribution is 2.30. The molecule has 4 heteroatoms. The monoisotopic (exact) mass is 342 g/mol. The van der Waals surface area contributed by atoms with E-state index < -0.39 is 6.10 Å². The third-order valence-electron chi connectivity index (χ3n) is 3.01. The third-order valence-corrected chi connectivity index (χ3v) is 4.26. The molecule has 0 aromatic heterocycles. The summed E-state index contributed by atoms with van der Waals surface area (Å²) in [6, 6.07) is 9.99. The zero-order valence-electron chi connectivity index (χ0n) is 10.3. The fraction of sp³-hybridized carbons (Fsp3) is 0.200. The summed E-state index contributed by atoms with van der Waals surface area (Å²) in [4.78, 5) is 0. The van der Waals surface area contributed by atoms with Crippen LogP contribution in [0.3, 0.4) is 0 Å². The van der Waals surface area contributed by atoms with Gasteiger partial charge in [-0.3, -0.25) is 0 Å². The Kier molecular flexibility index (Phi) is 4.61. The Balaban J connectivity index is 2.25. The topological polar surface area (TPSA) is 20.2 Å². The highest BCUT2D eigenvalue weighted by atomic mass is 79.9. The van der Waals surface area contributed by atoms with Gasteiger partial charge in [-0.2, -0.15) is 0 Å². The van der Waals surface area contributed by atoms with E-state index in [1.54, 1.807) is 12.1 Å². The van der Waals surface area contributed by atoms with Gasteiger partial charge in [-0.05, 0) is 35.7 Å². The molecule has 0 spiro atoms. The van der Waals surface area contributed by atoms with Gasteiger partial charge in [0.2, 0.25) is 0 Å². The van der Waals surface area contributed by atoms with Gasteiger partial charge in [0, 0.05) is 15.9 Å². The van der Waals surface area contributed by atoms with Crippen LogP contribution in [0.2, 0.25) is 5.02 Å². The Morgan fingerprint density at radius 3 is 2.74 bits per heavy atom. The van der Waals surface area contributed by atoms with E-state index in [9.17, 15) is 9.50 Å². The van der Waals surface area contributed by atoms with Crippen molar-refractivity contribution < 1.29 is 9.50 Å². The van der Waals surface area contributed by atoms with Crippen molar-refractivity contribution in [3.05, 3.63) is 68.4 Å². The third kappa shape index (κ3) is 3.35. The van der Waals surface area contributed by atoms with Crippen LogP contribution in [0.5, 0.6) is 0 Å². The van der Waals surface area contributed by atoms with Crippen molar-refractivity contribution in [3.8, 4) is 0 Å². The Labute approximate surface area is 125 Å². The molecule has 1 N–H and O–H groups in total. The average Bonchev–Trinajstić information content (AvgIpc) is 2.36. The van der Waals surface area contributed by atoms with E-state index in [4.69, 9.17) is 11.6 Å². The zero-order chi connectivity index (χ0) is 14.0. The maximum absolute atomic E-state index is 13.0. The highest BCUT2D eigenvalue weighted by Gasteiger charge is 2.15. The lowest BCUT2D eigenvalue weighted by atomic mass is 10.00. The minimum atomic E-state index is -0.714. The standard InChI is InChI=1S/C15H13BrClFO/c1-9-3-2-4-12(15(9)17)14(19)7-10-5-6-11(18)8-13(10)16/h2-6,8,14,19H,7H2,1H3. The number of aliphatic hydroxyl groups is 1. The lowest BCUT2D eigenvalue weighted by molar-refractivity contribution is 0.178. The van der Waals surface area contributed by atoms with Gasteiger partial charge < -0.3 is 5.11 Å². The van der Waals surface area contributed by atoms with Gasteiger partial charge in [-0.25, -0.2) is 4.39 Å². The largest absolute Gasteiger partial charge is 0.388 e. The molecule has 2 rings (SSSR count). The van der Waals surface area contributed by atoms with Crippen LogP contribution in [0, 0.1) is 12.7 Å². The molecular formula is C15H13BrClFO. The van der Waals surface area contributed by atoms with Crippen molar-refractivity contribution in [1.82, 2.24) is 0 Å². The molecule has 0 saturated carbocycles. The summed E-state index contributed by atoms with van der Waals surface area (Å²) in [5, 5.41) is 10.9. The molecule has 19 heavy (non-hydrogen) atoms. The van der Waals surface area contributed by atoms with Crippen LogP contribution in [0.4, 0.5) is 4.39 Å². The number of rotatable bonds is 3. The van der Waals surface area contributed by atoms with E-state index in [2.05, 4.69) is 15.9 Å². The normalized spacial score (nSPS) is 12.5. The van der Waals surface area contributed by atoms with Gasteiger partial charge in [0.25, 0.3) is 0 Å². The highest BCUT2D eigenvalue weighted by molar-refractivity contribution is 9.10. The van der Waals surface area contributed by atoms with Gasteiger partial charge in [-0.1, -0.05) is 51.8 Å². The summed E-state index contributed by atoms with van der Waals surface area (Å²) in [7, 11) is 0. The van der Waals surface area contributed by atoms with E-state index in [0.717, 1.165) is 11.1 Å². The van der Waals surface area contributed by atoms with Crippen molar-refractivity contribution in [3.63, 3.8) is 0 Å². The Hall–Kier alpha value is -0.900. The van der Waals surface area contributed by atoms with Gasteiger partial charge >= 0.3 is 0 Å². The minimum absolute atomic E-state index is 0.307. The second-order valence-electron chi connectivity index (χ2n) is 4.43. The molecule has 0 fully saturated rings. The predicted molar refractivity (Wildman–Crippen MR) is 79.0 cm³/mol. The number of hydrogen-bond acceptors (Lipinski definition) is 1. The van der Waals surface area contributed by atoms with Crippen molar-refractivity contribution in [2.45, 2.75) is 19.4 Å². The lowest BCUT2D eigenvalue weighted by Gasteiger charge is -2.15. The maximum Gasteiger partial charge on any atom is 0.124 e. The van der Waals surface area contributed by atoms with Crippen LogP contribution in [-0.2, 0) is 6.42 Å². The first-order chi connectivity index (χ1) is 8.99. The second-order valence-corrected chi connectivity index (χ2v) is 5.67. The van der Waals surface area contributed by atoms with Gasteiger partial charge in [0.1, 0.15) is 5.82 Å². The second kappa shape index (κ2) is 6.04. The number of aryl methyl sites for hydroxylation is 1. The minimum Gasteiger partial charge on any atom is -0.388 e. The van der Waals surface area contributed by atoms with Gasteiger partial charge in [0.15, 0.2) is 0 Å². The Morgan fingerprint density at radius 2 is 2.05 bits per heavy atom. The van der Waals surface area contributed by atoms with Crippen molar-refractivity contribution >= 4 is 27.5 Å². The molecule has 1 nitrogen and oxygen atoms in total. The van der Waals surface area contributed by atoms with E-state index in [-0.39, 0.29) is 5.82 Å². The molecule has 0 bridgehead atoms. The Bertz CT molecular complexity index is 601. The summed E-state index contributed by atoms with van der Waals surface area (Å²) < 4.78 is 13.7. The molecule has 0 aliphatic heterocycles. The smallest absolute Gasteiger partial charge is 0.124 e. The summed E-state index contributed by atoms with van der Waals surface area (Å²) >= 11 is 9.48. The van der Waals surface area contributed by atoms with E-state index in [1.165, 1.54) is 12.1 Å². The predicted octanol–water partition coefficient (Wildman–Crippen LogP) is 4.83. The van der Waals surface area contributed by atoms with Crippen molar-refractivity contribution in [2.24, 2.45) is 0 Å². The maximum atomic E-state index is 13.0. The first-order valence-electron chi connectivity index (χ1n) is 5.86. The van der Waals surface area contributed by atoms with Crippen LogP contribution in [-0.4, -0.2) is 5.11 Å². The molecular weight excluding hydrogens is 331 g/mol. The van der Waals surface area contributed by atoms with Crippen LogP contribution in [0.1, 0.15) is 22.8 Å². The molecule has 1 atom stereocenters. The zero-order valence-corrected chi connectivity index (χ0v) is 12.7. The fourth-order valence-corrected chi connectivity index (χ4v) is 2.70. The van der Waals surface area contributed by atoms with Crippen LogP contribution >= 0.6 is 27.5 Å². The Morgan fingerprint density at radius 1 is 1.32 bits per heavy atom. The molecule has 2 aromatic rings. The number of benzene rings is 2. The van der Waals surface area contributed by atoms with Crippen LogP contribution in [0.25, 0.3) is 0 Å². The van der Waals surface area contributed by atoms with E-state index in [0.29, 0.717) is 21.5 Å². The van der Waals surface area contributed by atoms with Crippen molar-refractivity contribution in [2.75, 3.05) is 0 Å². The molecule has 0 aliphatic carbocycles. The molecule has 2 aromatic carbocycles. The molecule has 0 radical (unpaired) electrons. The number of hydrogen-bond donors (Lipinski definition) is 1. The molecule has 0 amide bonds. The van der Waals surface area contributed by atoms with Crippen LogP contribution < -0.4 is 0 Å². The average molecular weight is 344 g/mol. The first kappa shape index (κ1) is 14.5. The van der Waals surface area contributed by atoms with Crippen molar-refractivity contribution in [1.29, 1.82) is 0 Å². The quantitative estimate of drug-likeness (QED) is 0.846. The fourth-order valence-electron chi connectivity index (χ4n) is 1.93. The van der Waals surface area contributed by atoms with E-state index in [1.807, 2.05) is 19.1 Å². The molecule has 0 saturated heterocycles. The molecule has 1 unspecified atom stereocenters. The molecule has 0 aliphatic rings.